The maximum absolute atomic E-state index is 13.2. The molecule has 1 aliphatic rings. The SMILES string of the molecule is CCCCC1=NC(C)(CCC)C(=O)N1Cc1ccc(-c2ccccc2-c2nn[nH]n2)cc1. The Bertz CT molecular complexity index is 1090. The average Bonchev–Trinajstić information content (AvgIpc) is 3.42. The third-order valence-electron chi connectivity index (χ3n) is 6.00. The third-order valence-corrected chi connectivity index (χ3v) is 6.00. The number of aromatic amines is 1. The van der Waals surface area contributed by atoms with Crippen LogP contribution in [0.4, 0.5) is 0 Å². The minimum absolute atomic E-state index is 0.122. The molecule has 0 bridgehead atoms. The monoisotopic (exact) mass is 430 g/mol. The fourth-order valence-corrected chi connectivity index (χ4v) is 4.32. The zero-order valence-electron chi connectivity index (χ0n) is 19.0. The van der Waals surface area contributed by atoms with Gasteiger partial charge in [-0.15, -0.1) is 10.2 Å². The normalized spacial score (nSPS) is 18.3. The smallest absolute Gasteiger partial charge is 0.255 e. The molecule has 1 amide bonds. The van der Waals surface area contributed by atoms with E-state index in [0.717, 1.165) is 60.2 Å². The second-order valence-electron chi connectivity index (χ2n) is 8.52. The number of benzene rings is 2. The molecule has 166 valence electrons. The second kappa shape index (κ2) is 9.42. The summed E-state index contributed by atoms with van der Waals surface area (Å²) in [6.45, 7) is 6.79. The van der Waals surface area contributed by atoms with Gasteiger partial charge < -0.3 is 0 Å². The van der Waals surface area contributed by atoms with Crippen LogP contribution in [-0.4, -0.2) is 42.8 Å². The highest BCUT2D eigenvalue weighted by atomic mass is 16.2. The predicted octanol–water partition coefficient (Wildman–Crippen LogP) is 5.02. The lowest BCUT2D eigenvalue weighted by molar-refractivity contribution is -0.131. The van der Waals surface area contributed by atoms with Crippen molar-refractivity contribution in [2.24, 2.45) is 4.99 Å². The largest absolute Gasteiger partial charge is 0.294 e. The van der Waals surface area contributed by atoms with Gasteiger partial charge in [0.05, 0.1) is 6.54 Å². The molecular formula is C25H30N6O. The molecule has 7 heteroatoms. The number of carbonyl (C=O) groups excluding carboxylic acids is 1. The Morgan fingerprint density at radius 1 is 1.00 bits per heavy atom. The van der Waals surface area contributed by atoms with Crippen molar-refractivity contribution >= 4 is 11.7 Å². The Hall–Kier alpha value is -3.35. The number of tetrazole rings is 1. The number of hydrogen-bond donors (Lipinski definition) is 1. The quantitative estimate of drug-likeness (QED) is 0.516. The number of amidine groups is 1. The van der Waals surface area contributed by atoms with E-state index in [1.165, 1.54) is 0 Å². The number of nitrogens with one attached hydrogen (secondary N) is 1. The van der Waals surface area contributed by atoms with Gasteiger partial charge in [0, 0.05) is 12.0 Å². The molecule has 1 aromatic heterocycles. The van der Waals surface area contributed by atoms with Crippen LogP contribution >= 0.6 is 0 Å². The Morgan fingerprint density at radius 2 is 1.75 bits per heavy atom. The molecule has 0 aliphatic carbocycles. The Morgan fingerprint density at radius 3 is 2.41 bits per heavy atom. The highest BCUT2D eigenvalue weighted by molar-refractivity contribution is 6.08. The first-order chi connectivity index (χ1) is 15.6. The molecule has 1 unspecified atom stereocenters. The van der Waals surface area contributed by atoms with Crippen molar-refractivity contribution in [3.8, 4) is 22.5 Å². The molecule has 0 radical (unpaired) electrons. The number of aliphatic imine (C=N–C) groups is 1. The summed E-state index contributed by atoms with van der Waals surface area (Å²) in [5, 5.41) is 14.4. The van der Waals surface area contributed by atoms with E-state index in [0.29, 0.717) is 12.4 Å². The Labute approximate surface area is 189 Å². The molecule has 1 atom stereocenters. The molecule has 0 saturated carbocycles. The number of unbranched alkanes of at least 4 members (excludes halogenated alkanes) is 1. The number of hydrogen-bond acceptors (Lipinski definition) is 5. The lowest BCUT2D eigenvalue weighted by Crippen LogP contribution is -2.40. The summed E-state index contributed by atoms with van der Waals surface area (Å²) in [5.41, 5.74) is 3.49. The topological polar surface area (TPSA) is 87.1 Å². The Kier molecular flexibility index (Phi) is 6.44. The van der Waals surface area contributed by atoms with Crippen molar-refractivity contribution in [1.82, 2.24) is 25.5 Å². The van der Waals surface area contributed by atoms with Gasteiger partial charge in [-0.2, -0.15) is 5.21 Å². The van der Waals surface area contributed by atoms with E-state index >= 15 is 0 Å². The highest BCUT2D eigenvalue weighted by Gasteiger charge is 2.43. The summed E-state index contributed by atoms with van der Waals surface area (Å²) in [6.07, 6.45) is 4.69. The van der Waals surface area contributed by atoms with Crippen molar-refractivity contribution in [2.45, 2.75) is 65.0 Å². The minimum atomic E-state index is -0.624. The number of aromatic nitrogens is 4. The molecule has 0 fully saturated rings. The minimum Gasteiger partial charge on any atom is -0.294 e. The number of carbonyl (C=O) groups is 1. The Balaban J connectivity index is 1.57. The summed E-state index contributed by atoms with van der Waals surface area (Å²) >= 11 is 0. The van der Waals surface area contributed by atoms with Gasteiger partial charge in [-0.3, -0.25) is 14.7 Å². The van der Waals surface area contributed by atoms with Crippen molar-refractivity contribution in [3.63, 3.8) is 0 Å². The molecule has 1 N–H and O–H groups in total. The van der Waals surface area contributed by atoms with Crippen LogP contribution in [0.5, 0.6) is 0 Å². The van der Waals surface area contributed by atoms with E-state index in [9.17, 15) is 4.79 Å². The zero-order chi connectivity index (χ0) is 22.6. The highest BCUT2D eigenvalue weighted by Crippen LogP contribution is 2.32. The van der Waals surface area contributed by atoms with E-state index in [2.05, 4.69) is 64.8 Å². The predicted molar refractivity (Wildman–Crippen MR) is 126 cm³/mol. The van der Waals surface area contributed by atoms with E-state index in [-0.39, 0.29) is 5.91 Å². The van der Waals surface area contributed by atoms with Crippen LogP contribution < -0.4 is 0 Å². The van der Waals surface area contributed by atoms with Gasteiger partial charge in [-0.1, -0.05) is 75.2 Å². The maximum Gasteiger partial charge on any atom is 0.255 e. The van der Waals surface area contributed by atoms with E-state index in [1.807, 2.05) is 30.0 Å². The first kappa shape index (κ1) is 21.9. The molecule has 4 rings (SSSR count). The fraction of sp³-hybridized carbons (Fsp3) is 0.400. The molecular weight excluding hydrogens is 400 g/mol. The van der Waals surface area contributed by atoms with Crippen LogP contribution in [0.3, 0.4) is 0 Å². The van der Waals surface area contributed by atoms with Gasteiger partial charge in [-0.05, 0) is 41.7 Å². The number of H-pyrrole nitrogens is 1. The lowest BCUT2D eigenvalue weighted by atomic mass is 9.96. The lowest BCUT2D eigenvalue weighted by Gasteiger charge is -2.23. The third kappa shape index (κ3) is 4.33. The van der Waals surface area contributed by atoms with Crippen LogP contribution in [0, 0.1) is 0 Å². The van der Waals surface area contributed by atoms with Crippen molar-refractivity contribution in [3.05, 3.63) is 54.1 Å². The van der Waals surface area contributed by atoms with Crippen LogP contribution in [0.15, 0.2) is 53.5 Å². The van der Waals surface area contributed by atoms with Crippen LogP contribution in [0.25, 0.3) is 22.5 Å². The first-order valence-electron chi connectivity index (χ1n) is 11.4. The van der Waals surface area contributed by atoms with Crippen molar-refractivity contribution < 1.29 is 4.79 Å². The summed E-state index contributed by atoms with van der Waals surface area (Å²) in [5.74, 6) is 1.62. The summed E-state index contributed by atoms with van der Waals surface area (Å²) in [7, 11) is 0. The van der Waals surface area contributed by atoms with Crippen molar-refractivity contribution in [2.75, 3.05) is 0 Å². The molecule has 7 nitrogen and oxygen atoms in total. The van der Waals surface area contributed by atoms with Crippen LogP contribution in [0.2, 0.25) is 0 Å². The van der Waals surface area contributed by atoms with E-state index in [4.69, 9.17) is 4.99 Å². The van der Waals surface area contributed by atoms with Crippen LogP contribution in [0.1, 0.15) is 58.4 Å². The summed E-state index contributed by atoms with van der Waals surface area (Å²) < 4.78 is 0. The fourth-order valence-electron chi connectivity index (χ4n) is 4.32. The molecule has 0 saturated heterocycles. The second-order valence-corrected chi connectivity index (χ2v) is 8.52. The number of rotatable bonds is 9. The molecule has 3 aromatic rings. The van der Waals surface area contributed by atoms with Crippen molar-refractivity contribution in [1.29, 1.82) is 0 Å². The van der Waals surface area contributed by atoms with Gasteiger partial charge in [0.25, 0.3) is 5.91 Å². The zero-order valence-corrected chi connectivity index (χ0v) is 19.0. The van der Waals surface area contributed by atoms with Gasteiger partial charge in [0.15, 0.2) is 0 Å². The average molecular weight is 431 g/mol. The summed E-state index contributed by atoms with van der Waals surface area (Å²) in [6, 6.07) is 16.4. The van der Waals surface area contributed by atoms with Crippen LogP contribution in [-0.2, 0) is 11.3 Å². The molecule has 1 aliphatic heterocycles. The van der Waals surface area contributed by atoms with E-state index < -0.39 is 5.54 Å². The molecule has 2 heterocycles. The first-order valence-corrected chi connectivity index (χ1v) is 11.4. The summed E-state index contributed by atoms with van der Waals surface area (Å²) in [4.78, 5) is 20.0. The standard InChI is InChI=1S/C25H30N6O/c1-4-6-11-22-26-25(3,16-5-2)24(32)31(22)17-18-12-14-19(15-13-18)20-9-7-8-10-21(20)23-27-29-30-28-23/h7-10,12-15H,4-6,11,16-17H2,1-3H3,(H,27,28,29,30). The molecule has 32 heavy (non-hydrogen) atoms. The molecule has 0 spiro atoms. The van der Waals surface area contributed by atoms with E-state index in [1.54, 1.807) is 0 Å². The van der Waals surface area contributed by atoms with Gasteiger partial charge in [0.2, 0.25) is 5.82 Å². The van der Waals surface area contributed by atoms with Gasteiger partial charge in [0.1, 0.15) is 11.4 Å². The maximum atomic E-state index is 13.2. The van der Waals surface area contributed by atoms with Gasteiger partial charge >= 0.3 is 0 Å². The number of amides is 1. The number of nitrogens with zero attached hydrogens (tertiary/aromatic N) is 5. The van der Waals surface area contributed by atoms with Gasteiger partial charge in [-0.25, -0.2) is 0 Å². The molecule has 2 aromatic carbocycles.